The van der Waals surface area contributed by atoms with Crippen molar-refractivity contribution in [2.75, 3.05) is 17.8 Å². The maximum absolute atomic E-state index is 5.88. The van der Waals surface area contributed by atoms with E-state index in [2.05, 4.69) is 29.1 Å². The number of halogens is 1. The van der Waals surface area contributed by atoms with Crippen molar-refractivity contribution in [1.29, 1.82) is 0 Å². The van der Waals surface area contributed by atoms with Gasteiger partial charge in [0.2, 0.25) is 0 Å². The lowest BCUT2D eigenvalue weighted by Crippen LogP contribution is -2.42. The molecular weight excluding hydrogens is 204 g/mol. The average Bonchev–Trinajstić information content (AvgIpc) is 2.50. The first-order chi connectivity index (χ1) is 5.97. The molecule has 0 saturated carbocycles. The van der Waals surface area contributed by atoms with Gasteiger partial charge in [-0.2, -0.15) is 0 Å². The van der Waals surface area contributed by atoms with Gasteiger partial charge >= 0.3 is 0 Å². The van der Waals surface area contributed by atoms with Gasteiger partial charge in [-0.3, -0.25) is 0 Å². The zero-order valence-corrected chi connectivity index (χ0v) is 10.0. The molecule has 0 atom stereocenters. The summed E-state index contributed by atoms with van der Waals surface area (Å²) in [6.45, 7) is 6.22. The molecule has 0 aromatic carbocycles. The highest BCUT2D eigenvalue weighted by Gasteiger charge is 2.24. The fourth-order valence-corrected chi connectivity index (χ4v) is 1.95. The number of nitrogens with zero attached hydrogens (tertiary/aromatic N) is 2. The van der Waals surface area contributed by atoms with E-state index < -0.39 is 0 Å². The quantitative estimate of drug-likeness (QED) is 0.726. The van der Waals surface area contributed by atoms with Gasteiger partial charge in [-0.1, -0.05) is 0 Å². The molecule has 0 unspecified atom stereocenters. The predicted octanol–water partition coefficient (Wildman–Crippen LogP) is 2.91. The zero-order chi connectivity index (χ0) is 10.1. The Hall–Kier alpha value is -0.280. The molecule has 1 heterocycles. The fourth-order valence-electron chi connectivity index (χ4n) is 0.844. The standard InChI is InChI=1S/C9H15ClN2S/c1-7-5-13-8(11-7)12(4)9(2,3)6-10/h5H,6H2,1-4H3. The van der Waals surface area contributed by atoms with Crippen molar-refractivity contribution in [3.8, 4) is 0 Å². The van der Waals surface area contributed by atoms with Crippen molar-refractivity contribution in [3.05, 3.63) is 11.1 Å². The van der Waals surface area contributed by atoms with E-state index in [4.69, 9.17) is 11.6 Å². The molecule has 0 N–H and O–H groups in total. The minimum absolute atomic E-state index is 0.0359. The van der Waals surface area contributed by atoms with Crippen LogP contribution in [-0.2, 0) is 0 Å². The number of aryl methyl sites for hydroxylation is 1. The molecule has 0 aliphatic carbocycles. The van der Waals surface area contributed by atoms with Crippen LogP contribution in [0.5, 0.6) is 0 Å². The molecule has 0 fully saturated rings. The lowest BCUT2D eigenvalue weighted by atomic mass is 10.1. The summed E-state index contributed by atoms with van der Waals surface area (Å²) in [4.78, 5) is 6.53. The normalized spacial score (nSPS) is 11.8. The van der Waals surface area contributed by atoms with Crippen LogP contribution in [0.2, 0.25) is 0 Å². The van der Waals surface area contributed by atoms with Crippen molar-refractivity contribution in [1.82, 2.24) is 4.98 Å². The third-order valence-electron chi connectivity index (χ3n) is 2.13. The summed E-state index contributed by atoms with van der Waals surface area (Å²) < 4.78 is 0. The number of thiazole rings is 1. The molecule has 1 aromatic heterocycles. The molecule has 0 aliphatic heterocycles. The highest BCUT2D eigenvalue weighted by Crippen LogP contribution is 2.26. The van der Waals surface area contributed by atoms with Crippen LogP contribution in [0.1, 0.15) is 19.5 Å². The monoisotopic (exact) mass is 218 g/mol. The first-order valence-corrected chi connectivity index (χ1v) is 5.61. The van der Waals surface area contributed by atoms with Crippen LogP contribution in [0.4, 0.5) is 5.13 Å². The van der Waals surface area contributed by atoms with E-state index in [0.29, 0.717) is 5.88 Å². The minimum Gasteiger partial charge on any atom is -0.345 e. The Kier molecular flexibility index (Phi) is 3.19. The van der Waals surface area contributed by atoms with Gasteiger partial charge in [0.05, 0.1) is 5.69 Å². The number of anilines is 1. The summed E-state index contributed by atoms with van der Waals surface area (Å²) in [5.41, 5.74) is 1.03. The Bertz CT molecular complexity index is 283. The topological polar surface area (TPSA) is 16.1 Å². The lowest BCUT2D eigenvalue weighted by Gasteiger charge is -2.33. The smallest absolute Gasteiger partial charge is 0.185 e. The van der Waals surface area contributed by atoms with Crippen LogP contribution in [0.3, 0.4) is 0 Å². The molecule has 1 rings (SSSR count). The molecule has 0 saturated heterocycles. The summed E-state index contributed by atoms with van der Waals surface area (Å²) >= 11 is 7.54. The second-order valence-electron chi connectivity index (χ2n) is 3.78. The Morgan fingerprint density at radius 1 is 1.62 bits per heavy atom. The van der Waals surface area contributed by atoms with Crippen molar-refractivity contribution in [2.45, 2.75) is 26.3 Å². The van der Waals surface area contributed by atoms with E-state index >= 15 is 0 Å². The summed E-state index contributed by atoms with van der Waals surface area (Å²) in [6.07, 6.45) is 0. The van der Waals surface area contributed by atoms with E-state index in [9.17, 15) is 0 Å². The Labute approximate surface area is 88.5 Å². The SMILES string of the molecule is Cc1csc(N(C)C(C)(C)CCl)n1. The van der Waals surface area contributed by atoms with Crippen molar-refractivity contribution < 1.29 is 0 Å². The molecule has 1 aromatic rings. The molecular formula is C9H15ClN2S. The van der Waals surface area contributed by atoms with Crippen LogP contribution in [0, 0.1) is 6.92 Å². The predicted molar refractivity (Wildman–Crippen MR) is 60.1 cm³/mol. The largest absolute Gasteiger partial charge is 0.345 e. The van der Waals surface area contributed by atoms with Gasteiger partial charge in [0.1, 0.15) is 0 Å². The molecule has 74 valence electrons. The van der Waals surface area contributed by atoms with Crippen molar-refractivity contribution in [3.63, 3.8) is 0 Å². The van der Waals surface area contributed by atoms with Gasteiger partial charge in [0, 0.05) is 23.8 Å². The molecule has 0 amide bonds. The highest BCUT2D eigenvalue weighted by atomic mass is 35.5. The van der Waals surface area contributed by atoms with Crippen LogP contribution in [-0.4, -0.2) is 23.5 Å². The molecule has 4 heteroatoms. The van der Waals surface area contributed by atoms with Crippen LogP contribution in [0.15, 0.2) is 5.38 Å². The van der Waals surface area contributed by atoms with Gasteiger partial charge in [-0.15, -0.1) is 22.9 Å². The van der Waals surface area contributed by atoms with E-state index in [-0.39, 0.29) is 5.54 Å². The third kappa shape index (κ3) is 2.35. The second-order valence-corrected chi connectivity index (χ2v) is 4.88. The molecule has 13 heavy (non-hydrogen) atoms. The van der Waals surface area contributed by atoms with E-state index in [1.54, 1.807) is 11.3 Å². The number of hydrogen-bond acceptors (Lipinski definition) is 3. The highest BCUT2D eigenvalue weighted by molar-refractivity contribution is 7.13. The van der Waals surface area contributed by atoms with Crippen LogP contribution in [0.25, 0.3) is 0 Å². The van der Waals surface area contributed by atoms with Gasteiger partial charge < -0.3 is 4.90 Å². The van der Waals surface area contributed by atoms with Crippen LogP contribution >= 0.6 is 22.9 Å². The van der Waals surface area contributed by atoms with E-state index in [0.717, 1.165) is 10.8 Å². The number of rotatable bonds is 3. The average molecular weight is 219 g/mol. The second kappa shape index (κ2) is 3.84. The molecule has 2 nitrogen and oxygen atoms in total. The van der Waals surface area contributed by atoms with Gasteiger partial charge in [0.25, 0.3) is 0 Å². The van der Waals surface area contributed by atoms with E-state index in [1.165, 1.54) is 0 Å². The number of aromatic nitrogens is 1. The molecule has 0 bridgehead atoms. The third-order valence-corrected chi connectivity index (χ3v) is 3.82. The number of alkyl halides is 1. The maximum Gasteiger partial charge on any atom is 0.185 e. The van der Waals surface area contributed by atoms with Gasteiger partial charge in [-0.05, 0) is 20.8 Å². The fraction of sp³-hybridized carbons (Fsp3) is 0.667. The van der Waals surface area contributed by atoms with Crippen molar-refractivity contribution in [2.24, 2.45) is 0 Å². The zero-order valence-electron chi connectivity index (χ0n) is 8.47. The first-order valence-electron chi connectivity index (χ1n) is 4.19. The van der Waals surface area contributed by atoms with Gasteiger partial charge in [-0.25, -0.2) is 4.98 Å². The molecule has 0 aliphatic rings. The van der Waals surface area contributed by atoms with E-state index in [1.807, 2.05) is 14.0 Å². The Balaban J connectivity index is 2.84. The Morgan fingerprint density at radius 2 is 2.23 bits per heavy atom. The van der Waals surface area contributed by atoms with Crippen LogP contribution < -0.4 is 4.90 Å². The number of hydrogen-bond donors (Lipinski definition) is 0. The van der Waals surface area contributed by atoms with Crippen molar-refractivity contribution >= 4 is 28.1 Å². The molecule has 0 spiro atoms. The Morgan fingerprint density at radius 3 is 2.62 bits per heavy atom. The molecule has 0 radical (unpaired) electrons. The summed E-state index contributed by atoms with van der Waals surface area (Å²) in [6, 6.07) is 0. The summed E-state index contributed by atoms with van der Waals surface area (Å²) in [7, 11) is 2.03. The first kappa shape index (κ1) is 10.8. The van der Waals surface area contributed by atoms with Gasteiger partial charge in [0.15, 0.2) is 5.13 Å². The maximum atomic E-state index is 5.88. The summed E-state index contributed by atoms with van der Waals surface area (Å²) in [5.74, 6) is 0.599. The minimum atomic E-state index is -0.0359. The lowest BCUT2D eigenvalue weighted by molar-refractivity contribution is 0.544. The summed E-state index contributed by atoms with van der Waals surface area (Å²) in [5, 5.41) is 3.08.